The largest absolute Gasteiger partial charge is 0.508 e. The predicted molar refractivity (Wildman–Crippen MR) is 132 cm³/mol. The molecule has 3 aromatic rings. The minimum Gasteiger partial charge on any atom is -0.508 e. The Bertz CT molecular complexity index is 1010. The zero-order valence-corrected chi connectivity index (χ0v) is 19.2. The van der Waals surface area contributed by atoms with Crippen molar-refractivity contribution in [2.75, 3.05) is 0 Å². The van der Waals surface area contributed by atoms with Crippen LogP contribution in [-0.4, -0.2) is 15.3 Å². The lowest BCUT2D eigenvalue weighted by Gasteiger charge is -2.50. The standard InChI is InChI=1S/C30H34O3/c31-26-10-4-22(5-11-26)29(18-2-1-3-19-29)25-16-20-30(21-17-25,23-6-12-27(32)13-7-23)24-8-14-28(33)15-9-24/h4-15,25,31-33H,1-3,16-21H2. The monoisotopic (exact) mass is 442 g/mol. The van der Waals surface area contributed by atoms with E-state index in [0.29, 0.717) is 23.2 Å². The Morgan fingerprint density at radius 2 is 0.879 bits per heavy atom. The predicted octanol–water partition coefficient (Wildman–Crippen LogP) is 7.18. The van der Waals surface area contributed by atoms with E-state index >= 15 is 0 Å². The van der Waals surface area contributed by atoms with Gasteiger partial charge in [0.25, 0.3) is 0 Å². The Labute approximate surface area is 196 Å². The lowest BCUT2D eigenvalue weighted by atomic mass is 9.54. The second-order valence-corrected chi connectivity index (χ2v) is 10.2. The van der Waals surface area contributed by atoms with Crippen LogP contribution in [0.15, 0.2) is 72.8 Å². The molecule has 0 aliphatic heterocycles. The van der Waals surface area contributed by atoms with Crippen LogP contribution in [-0.2, 0) is 10.8 Å². The summed E-state index contributed by atoms with van der Waals surface area (Å²) in [4.78, 5) is 0. The summed E-state index contributed by atoms with van der Waals surface area (Å²) in [6.07, 6.45) is 10.7. The molecule has 5 rings (SSSR count). The lowest BCUT2D eigenvalue weighted by molar-refractivity contribution is 0.124. The third-order valence-electron chi connectivity index (χ3n) is 8.65. The fraction of sp³-hybridized carbons (Fsp3) is 0.400. The van der Waals surface area contributed by atoms with Crippen LogP contribution < -0.4 is 0 Å². The fourth-order valence-corrected chi connectivity index (χ4v) is 6.88. The first-order valence-electron chi connectivity index (χ1n) is 12.4. The van der Waals surface area contributed by atoms with Crippen LogP contribution in [0.5, 0.6) is 17.2 Å². The maximum atomic E-state index is 9.89. The van der Waals surface area contributed by atoms with Crippen molar-refractivity contribution in [3.05, 3.63) is 89.5 Å². The maximum absolute atomic E-state index is 9.89. The van der Waals surface area contributed by atoms with E-state index in [1.807, 2.05) is 12.1 Å². The smallest absolute Gasteiger partial charge is 0.115 e. The molecule has 0 radical (unpaired) electrons. The molecule has 0 atom stereocenters. The Balaban J connectivity index is 1.49. The van der Waals surface area contributed by atoms with Crippen molar-refractivity contribution >= 4 is 0 Å². The molecule has 3 aromatic carbocycles. The highest BCUT2D eigenvalue weighted by Gasteiger charge is 2.46. The van der Waals surface area contributed by atoms with Crippen LogP contribution in [0, 0.1) is 5.92 Å². The average molecular weight is 443 g/mol. The number of rotatable bonds is 4. The molecule has 0 heterocycles. The first-order valence-corrected chi connectivity index (χ1v) is 12.4. The minimum absolute atomic E-state index is 0.108. The van der Waals surface area contributed by atoms with Gasteiger partial charge in [0, 0.05) is 5.41 Å². The molecular weight excluding hydrogens is 408 g/mol. The van der Waals surface area contributed by atoms with Gasteiger partial charge in [-0.3, -0.25) is 0 Å². The highest BCUT2D eigenvalue weighted by atomic mass is 16.3. The first kappa shape index (κ1) is 21.9. The van der Waals surface area contributed by atoms with Gasteiger partial charge in [-0.25, -0.2) is 0 Å². The van der Waals surface area contributed by atoms with Gasteiger partial charge >= 0.3 is 0 Å². The van der Waals surface area contributed by atoms with E-state index in [-0.39, 0.29) is 10.8 Å². The molecule has 0 aromatic heterocycles. The molecule has 2 aliphatic rings. The second-order valence-electron chi connectivity index (χ2n) is 10.2. The highest BCUT2D eigenvalue weighted by Crippen LogP contribution is 2.55. The van der Waals surface area contributed by atoms with Gasteiger partial charge < -0.3 is 15.3 Å². The Hall–Kier alpha value is -2.94. The summed E-state index contributed by atoms with van der Waals surface area (Å²) < 4.78 is 0. The summed E-state index contributed by atoms with van der Waals surface area (Å²) in [7, 11) is 0. The van der Waals surface area contributed by atoms with Crippen molar-refractivity contribution in [2.24, 2.45) is 5.92 Å². The van der Waals surface area contributed by atoms with Crippen molar-refractivity contribution in [1.29, 1.82) is 0 Å². The van der Waals surface area contributed by atoms with Gasteiger partial charge in [-0.2, -0.15) is 0 Å². The highest BCUT2D eigenvalue weighted by molar-refractivity contribution is 5.44. The van der Waals surface area contributed by atoms with E-state index < -0.39 is 0 Å². The molecule has 2 saturated carbocycles. The van der Waals surface area contributed by atoms with E-state index in [1.54, 1.807) is 24.3 Å². The van der Waals surface area contributed by atoms with Crippen LogP contribution in [0.25, 0.3) is 0 Å². The average Bonchev–Trinajstić information content (AvgIpc) is 2.86. The topological polar surface area (TPSA) is 60.7 Å². The molecule has 3 N–H and O–H groups in total. The molecule has 0 bridgehead atoms. The van der Waals surface area contributed by atoms with Crippen molar-refractivity contribution in [2.45, 2.75) is 68.6 Å². The van der Waals surface area contributed by atoms with Gasteiger partial charge in [0.15, 0.2) is 0 Å². The van der Waals surface area contributed by atoms with Gasteiger partial charge in [0.2, 0.25) is 0 Å². The van der Waals surface area contributed by atoms with Crippen molar-refractivity contribution in [1.82, 2.24) is 0 Å². The molecule has 3 nitrogen and oxygen atoms in total. The number of aromatic hydroxyl groups is 3. The molecular formula is C30H34O3. The normalized spacial score (nSPS) is 20.4. The number of phenolic OH excluding ortho intramolecular Hbond substituents is 3. The third kappa shape index (κ3) is 3.99. The number of phenols is 3. The van der Waals surface area contributed by atoms with E-state index in [1.165, 1.54) is 48.8 Å². The maximum Gasteiger partial charge on any atom is 0.115 e. The van der Waals surface area contributed by atoms with Gasteiger partial charge in [0.1, 0.15) is 17.2 Å². The third-order valence-corrected chi connectivity index (χ3v) is 8.65. The van der Waals surface area contributed by atoms with Gasteiger partial charge in [0.05, 0.1) is 0 Å². The summed E-state index contributed by atoms with van der Waals surface area (Å²) >= 11 is 0. The number of hydrogen-bond donors (Lipinski definition) is 3. The summed E-state index contributed by atoms with van der Waals surface area (Å²) in [5.74, 6) is 1.54. The molecule has 33 heavy (non-hydrogen) atoms. The number of benzene rings is 3. The zero-order chi connectivity index (χ0) is 22.9. The SMILES string of the molecule is Oc1ccc(C2(c3ccc(O)cc3)CCC(C3(c4ccc(O)cc4)CCCCC3)CC2)cc1. The van der Waals surface area contributed by atoms with E-state index in [9.17, 15) is 15.3 Å². The van der Waals surface area contributed by atoms with Crippen molar-refractivity contribution in [3.63, 3.8) is 0 Å². The van der Waals surface area contributed by atoms with E-state index in [2.05, 4.69) is 36.4 Å². The van der Waals surface area contributed by atoms with Gasteiger partial charge in [-0.05, 0) is 103 Å². The first-order chi connectivity index (χ1) is 16.0. The minimum atomic E-state index is -0.108. The van der Waals surface area contributed by atoms with Crippen LogP contribution in [0.1, 0.15) is 74.5 Å². The van der Waals surface area contributed by atoms with Crippen molar-refractivity contribution in [3.8, 4) is 17.2 Å². The summed E-state index contributed by atoms with van der Waals surface area (Å²) in [6.45, 7) is 0. The molecule has 0 spiro atoms. The van der Waals surface area contributed by atoms with Crippen LogP contribution in [0.3, 0.4) is 0 Å². The summed E-state index contributed by atoms with van der Waals surface area (Å²) in [5.41, 5.74) is 3.97. The molecule has 2 aliphatic carbocycles. The van der Waals surface area contributed by atoms with Gasteiger partial charge in [-0.1, -0.05) is 55.7 Å². The molecule has 0 unspecified atom stereocenters. The van der Waals surface area contributed by atoms with Crippen LogP contribution >= 0.6 is 0 Å². The molecule has 0 saturated heterocycles. The molecule has 0 amide bonds. The van der Waals surface area contributed by atoms with Crippen LogP contribution in [0.4, 0.5) is 0 Å². The number of hydrogen-bond acceptors (Lipinski definition) is 3. The molecule has 2 fully saturated rings. The lowest BCUT2D eigenvalue weighted by Crippen LogP contribution is -2.43. The fourth-order valence-electron chi connectivity index (χ4n) is 6.88. The summed E-state index contributed by atoms with van der Waals surface area (Å²) in [6, 6.07) is 23.5. The Morgan fingerprint density at radius 3 is 1.30 bits per heavy atom. The Kier molecular flexibility index (Phi) is 5.82. The molecule has 172 valence electrons. The van der Waals surface area contributed by atoms with Gasteiger partial charge in [-0.15, -0.1) is 0 Å². The summed E-state index contributed by atoms with van der Waals surface area (Å²) in [5, 5.41) is 29.6. The second kappa shape index (κ2) is 8.78. The van der Waals surface area contributed by atoms with Crippen LogP contribution in [0.2, 0.25) is 0 Å². The van der Waals surface area contributed by atoms with E-state index in [0.717, 1.165) is 25.7 Å². The Morgan fingerprint density at radius 1 is 0.485 bits per heavy atom. The van der Waals surface area contributed by atoms with E-state index in [4.69, 9.17) is 0 Å². The quantitative estimate of drug-likeness (QED) is 0.401. The van der Waals surface area contributed by atoms with Crippen molar-refractivity contribution < 1.29 is 15.3 Å². The zero-order valence-electron chi connectivity index (χ0n) is 19.2. The molecule has 3 heteroatoms.